The molecular weight excluding hydrogens is 250 g/mol. The fraction of sp³-hybridized carbons (Fsp3) is 0.667. The Kier molecular flexibility index (Phi) is 3.87. The molecule has 2 N–H and O–H groups in total. The predicted octanol–water partition coefficient (Wildman–Crippen LogP) is 1.90. The van der Waals surface area contributed by atoms with Crippen LogP contribution >= 0.6 is 11.3 Å². The lowest BCUT2D eigenvalue weighted by molar-refractivity contribution is 0.0522. The van der Waals surface area contributed by atoms with Crippen molar-refractivity contribution in [2.24, 2.45) is 0 Å². The van der Waals surface area contributed by atoms with E-state index < -0.39 is 5.60 Å². The Morgan fingerprint density at radius 2 is 2.33 bits per heavy atom. The highest BCUT2D eigenvalue weighted by Crippen LogP contribution is 2.22. The number of alkyl carbamates (subject to hydrolysis) is 1. The monoisotopic (exact) mass is 269 g/mol. The summed E-state index contributed by atoms with van der Waals surface area (Å²) in [6, 6.07) is 0.535. The summed E-state index contributed by atoms with van der Waals surface area (Å²) in [5.74, 6) is 0. The minimum Gasteiger partial charge on any atom is -0.444 e. The molecule has 1 amide bonds. The summed E-state index contributed by atoms with van der Waals surface area (Å²) >= 11 is 1.63. The van der Waals surface area contributed by atoms with E-state index in [1.165, 1.54) is 4.88 Å². The lowest BCUT2D eigenvalue weighted by Gasteiger charge is -2.19. The van der Waals surface area contributed by atoms with Gasteiger partial charge in [0.2, 0.25) is 0 Å². The summed E-state index contributed by atoms with van der Waals surface area (Å²) in [6.45, 7) is 6.39. The maximum atomic E-state index is 11.5. The molecule has 6 heteroatoms. The van der Waals surface area contributed by atoms with Gasteiger partial charge in [0.25, 0.3) is 0 Å². The standard InChI is InChI=1S/C12H19N3O2S/c1-12(2,3)17-11(16)15-10-4-9(10)14-6-8-5-13-7-18-8/h5,7,9-10,14H,4,6H2,1-3H3,(H,15,16). The van der Waals surface area contributed by atoms with Crippen LogP contribution < -0.4 is 10.6 Å². The highest BCUT2D eigenvalue weighted by molar-refractivity contribution is 7.09. The number of carbonyl (C=O) groups is 1. The second-order valence-corrected chi connectivity index (χ2v) is 6.41. The minimum absolute atomic E-state index is 0.188. The van der Waals surface area contributed by atoms with Gasteiger partial charge in [-0.05, 0) is 27.2 Å². The number of hydrogen-bond donors (Lipinski definition) is 2. The molecule has 2 atom stereocenters. The van der Waals surface area contributed by atoms with Crippen molar-refractivity contribution in [1.29, 1.82) is 0 Å². The van der Waals surface area contributed by atoms with E-state index in [9.17, 15) is 4.79 Å². The van der Waals surface area contributed by atoms with Crippen LogP contribution in [0.15, 0.2) is 11.7 Å². The maximum Gasteiger partial charge on any atom is 0.407 e. The third-order valence-electron chi connectivity index (χ3n) is 2.51. The van der Waals surface area contributed by atoms with E-state index in [0.29, 0.717) is 6.04 Å². The molecule has 2 rings (SSSR count). The van der Waals surface area contributed by atoms with Crippen LogP contribution in [-0.4, -0.2) is 28.8 Å². The topological polar surface area (TPSA) is 63.2 Å². The van der Waals surface area contributed by atoms with E-state index in [1.54, 1.807) is 11.3 Å². The first-order valence-corrected chi connectivity index (χ1v) is 6.92. The van der Waals surface area contributed by atoms with Crippen LogP contribution in [0.5, 0.6) is 0 Å². The zero-order chi connectivity index (χ0) is 13.2. The van der Waals surface area contributed by atoms with Crippen molar-refractivity contribution in [3.63, 3.8) is 0 Å². The van der Waals surface area contributed by atoms with Gasteiger partial charge in [0, 0.05) is 29.7 Å². The molecule has 1 aromatic heterocycles. The molecule has 0 radical (unpaired) electrons. The number of carbonyl (C=O) groups excluding carboxylic acids is 1. The Labute approximate surface area is 111 Å². The van der Waals surface area contributed by atoms with E-state index in [-0.39, 0.29) is 12.1 Å². The highest BCUT2D eigenvalue weighted by atomic mass is 32.1. The molecule has 18 heavy (non-hydrogen) atoms. The van der Waals surface area contributed by atoms with Crippen LogP contribution in [-0.2, 0) is 11.3 Å². The number of nitrogens with one attached hydrogen (secondary N) is 2. The third-order valence-corrected chi connectivity index (χ3v) is 3.29. The first-order chi connectivity index (χ1) is 8.44. The molecule has 0 aromatic carbocycles. The van der Waals surface area contributed by atoms with Crippen molar-refractivity contribution >= 4 is 17.4 Å². The number of amides is 1. The number of hydrogen-bond acceptors (Lipinski definition) is 5. The van der Waals surface area contributed by atoms with Crippen molar-refractivity contribution in [3.05, 3.63) is 16.6 Å². The van der Waals surface area contributed by atoms with Gasteiger partial charge < -0.3 is 15.4 Å². The number of ether oxygens (including phenoxy) is 1. The van der Waals surface area contributed by atoms with E-state index in [4.69, 9.17) is 4.74 Å². The summed E-state index contributed by atoms with van der Waals surface area (Å²) in [5, 5.41) is 6.23. The van der Waals surface area contributed by atoms with Gasteiger partial charge in [-0.3, -0.25) is 4.98 Å². The van der Waals surface area contributed by atoms with Crippen molar-refractivity contribution in [2.45, 2.75) is 51.4 Å². The SMILES string of the molecule is CC(C)(C)OC(=O)NC1CC1NCc1cncs1. The summed E-state index contributed by atoms with van der Waals surface area (Å²) < 4.78 is 5.20. The Morgan fingerprint density at radius 3 is 2.94 bits per heavy atom. The molecule has 0 bridgehead atoms. The van der Waals surface area contributed by atoms with Gasteiger partial charge in [-0.25, -0.2) is 4.79 Å². The molecule has 1 aliphatic carbocycles. The average Bonchev–Trinajstić information content (AvgIpc) is 2.76. The second kappa shape index (κ2) is 5.24. The maximum absolute atomic E-state index is 11.5. The van der Waals surface area contributed by atoms with Gasteiger partial charge in [-0.15, -0.1) is 11.3 Å². The van der Waals surface area contributed by atoms with Crippen LogP contribution in [0.2, 0.25) is 0 Å². The largest absolute Gasteiger partial charge is 0.444 e. The smallest absolute Gasteiger partial charge is 0.407 e. The van der Waals surface area contributed by atoms with E-state index >= 15 is 0 Å². The molecule has 2 unspecified atom stereocenters. The van der Waals surface area contributed by atoms with Crippen LogP contribution in [0.1, 0.15) is 32.1 Å². The number of rotatable bonds is 4. The Morgan fingerprint density at radius 1 is 1.56 bits per heavy atom. The zero-order valence-electron chi connectivity index (χ0n) is 10.9. The fourth-order valence-corrected chi connectivity index (χ4v) is 2.15. The van der Waals surface area contributed by atoms with Crippen molar-refractivity contribution < 1.29 is 9.53 Å². The molecule has 100 valence electrons. The quantitative estimate of drug-likeness (QED) is 0.876. The van der Waals surface area contributed by atoms with Gasteiger partial charge in [0.05, 0.1) is 5.51 Å². The van der Waals surface area contributed by atoms with Crippen LogP contribution in [0.3, 0.4) is 0 Å². The average molecular weight is 269 g/mol. The molecule has 0 aliphatic heterocycles. The predicted molar refractivity (Wildman–Crippen MR) is 70.5 cm³/mol. The molecule has 1 fully saturated rings. The van der Waals surface area contributed by atoms with Crippen LogP contribution in [0.4, 0.5) is 4.79 Å². The summed E-state index contributed by atoms with van der Waals surface area (Å²) in [6.07, 6.45) is 2.48. The van der Waals surface area contributed by atoms with Crippen molar-refractivity contribution in [1.82, 2.24) is 15.6 Å². The normalized spacial score (nSPS) is 22.6. The van der Waals surface area contributed by atoms with Gasteiger partial charge in [0.1, 0.15) is 5.60 Å². The van der Waals surface area contributed by atoms with Gasteiger partial charge >= 0.3 is 6.09 Å². The Bertz CT molecular complexity index is 400. The molecule has 1 aromatic rings. The molecule has 1 heterocycles. The fourth-order valence-electron chi connectivity index (χ4n) is 1.60. The Hall–Kier alpha value is -1.14. The van der Waals surface area contributed by atoms with Crippen molar-refractivity contribution in [3.8, 4) is 0 Å². The summed E-state index contributed by atoms with van der Waals surface area (Å²) in [7, 11) is 0. The molecular formula is C12H19N3O2S. The van der Waals surface area contributed by atoms with E-state index in [0.717, 1.165) is 13.0 Å². The Balaban J connectivity index is 1.64. The molecule has 1 saturated carbocycles. The summed E-state index contributed by atoms with van der Waals surface area (Å²) in [5.41, 5.74) is 1.38. The number of thiazole rings is 1. The minimum atomic E-state index is -0.440. The highest BCUT2D eigenvalue weighted by Gasteiger charge is 2.38. The molecule has 0 saturated heterocycles. The molecule has 0 spiro atoms. The first kappa shape index (κ1) is 13.3. The lowest BCUT2D eigenvalue weighted by Crippen LogP contribution is -2.36. The van der Waals surface area contributed by atoms with Crippen LogP contribution in [0.25, 0.3) is 0 Å². The number of nitrogens with zero attached hydrogens (tertiary/aromatic N) is 1. The molecule has 1 aliphatic rings. The van der Waals surface area contributed by atoms with Crippen LogP contribution in [0, 0.1) is 0 Å². The zero-order valence-corrected chi connectivity index (χ0v) is 11.7. The van der Waals surface area contributed by atoms with Gasteiger partial charge in [-0.2, -0.15) is 0 Å². The lowest BCUT2D eigenvalue weighted by atomic mass is 10.2. The summed E-state index contributed by atoms with van der Waals surface area (Å²) in [4.78, 5) is 16.7. The van der Waals surface area contributed by atoms with Gasteiger partial charge in [-0.1, -0.05) is 0 Å². The number of aromatic nitrogens is 1. The van der Waals surface area contributed by atoms with E-state index in [1.807, 2.05) is 32.5 Å². The molecule has 5 nitrogen and oxygen atoms in total. The van der Waals surface area contributed by atoms with Crippen molar-refractivity contribution in [2.75, 3.05) is 0 Å². The van der Waals surface area contributed by atoms with E-state index in [2.05, 4.69) is 15.6 Å². The van der Waals surface area contributed by atoms with Gasteiger partial charge in [0.15, 0.2) is 0 Å². The second-order valence-electron chi connectivity index (χ2n) is 5.44. The third kappa shape index (κ3) is 4.27. The first-order valence-electron chi connectivity index (χ1n) is 6.04.